The molecule has 0 spiro atoms. The van der Waals surface area contributed by atoms with Crippen molar-refractivity contribution in [1.29, 1.82) is 0 Å². The van der Waals surface area contributed by atoms with Crippen molar-refractivity contribution in [3.8, 4) is 0 Å². The number of carbonyl (C=O) groups excluding carboxylic acids is 1. The molecular formula is C16H18ClN3O. The summed E-state index contributed by atoms with van der Waals surface area (Å²) in [6, 6.07) is 7.24. The summed E-state index contributed by atoms with van der Waals surface area (Å²) in [7, 11) is 0. The molecule has 0 saturated carbocycles. The Morgan fingerprint density at radius 2 is 2.29 bits per heavy atom. The lowest BCUT2D eigenvalue weighted by atomic mass is 9.92. The minimum absolute atomic E-state index is 0.0711. The molecule has 4 nitrogen and oxygen atoms in total. The quantitative estimate of drug-likeness (QED) is 0.915. The van der Waals surface area contributed by atoms with Crippen LogP contribution in [0.1, 0.15) is 30.0 Å². The van der Waals surface area contributed by atoms with Gasteiger partial charge in [0.1, 0.15) is 6.54 Å². The minimum Gasteiger partial charge on any atom is -0.344 e. The van der Waals surface area contributed by atoms with Gasteiger partial charge in [0.2, 0.25) is 5.91 Å². The molecule has 21 heavy (non-hydrogen) atoms. The molecule has 1 atom stereocenters. The van der Waals surface area contributed by atoms with Gasteiger partial charge in [-0.25, -0.2) is 0 Å². The van der Waals surface area contributed by atoms with Crippen LogP contribution in [0.15, 0.2) is 36.7 Å². The topological polar surface area (TPSA) is 60.0 Å². The lowest BCUT2D eigenvalue weighted by molar-refractivity contribution is -0.116. The summed E-state index contributed by atoms with van der Waals surface area (Å²) in [5.41, 5.74) is 9.26. The highest BCUT2D eigenvalue weighted by Crippen LogP contribution is 2.28. The first-order valence-electron chi connectivity index (χ1n) is 7.11. The van der Waals surface area contributed by atoms with Crippen LogP contribution in [0.4, 0.5) is 5.69 Å². The van der Waals surface area contributed by atoms with Crippen molar-refractivity contribution in [1.82, 2.24) is 4.57 Å². The zero-order chi connectivity index (χ0) is 14.8. The van der Waals surface area contributed by atoms with Gasteiger partial charge in [0.25, 0.3) is 0 Å². The van der Waals surface area contributed by atoms with Gasteiger partial charge in [0.05, 0.1) is 0 Å². The molecule has 2 aromatic rings. The Labute approximate surface area is 128 Å². The van der Waals surface area contributed by atoms with Crippen LogP contribution in [0.5, 0.6) is 0 Å². The molecule has 0 aliphatic heterocycles. The second-order valence-corrected chi connectivity index (χ2v) is 5.90. The fourth-order valence-electron chi connectivity index (χ4n) is 2.81. The number of aromatic nitrogens is 1. The van der Waals surface area contributed by atoms with Crippen LogP contribution in [0.3, 0.4) is 0 Å². The van der Waals surface area contributed by atoms with E-state index in [0.29, 0.717) is 10.7 Å². The predicted octanol–water partition coefficient (Wildman–Crippen LogP) is 3.12. The number of nitrogens with zero attached hydrogens (tertiary/aromatic N) is 1. The first kappa shape index (κ1) is 14.2. The Morgan fingerprint density at radius 3 is 3.05 bits per heavy atom. The van der Waals surface area contributed by atoms with Gasteiger partial charge >= 0.3 is 0 Å². The molecule has 1 heterocycles. The zero-order valence-electron chi connectivity index (χ0n) is 11.7. The first-order chi connectivity index (χ1) is 10.1. The van der Waals surface area contributed by atoms with E-state index in [0.717, 1.165) is 19.3 Å². The second kappa shape index (κ2) is 5.92. The molecule has 1 aliphatic carbocycles. The van der Waals surface area contributed by atoms with Crippen molar-refractivity contribution in [3.05, 3.63) is 52.8 Å². The maximum atomic E-state index is 12.1. The summed E-state index contributed by atoms with van der Waals surface area (Å²) in [5.74, 6) is -0.0711. The molecule has 1 unspecified atom stereocenters. The van der Waals surface area contributed by atoms with E-state index in [4.69, 9.17) is 17.3 Å². The van der Waals surface area contributed by atoms with E-state index in [1.165, 1.54) is 11.1 Å². The number of nitrogens with one attached hydrogen (secondary N) is 1. The monoisotopic (exact) mass is 303 g/mol. The van der Waals surface area contributed by atoms with Gasteiger partial charge in [0, 0.05) is 29.1 Å². The Hall–Kier alpha value is -1.78. The average Bonchev–Trinajstić information content (AvgIpc) is 2.82. The van der Waals surface area contributed by atoms with E-state index in [2.05, 4.69) is 5.32 Å². The lowest BCUT2D eigenvalue weighted by Crippen LogP contribution is -2.18. The largest absolute Gasteiger partial charge is 0.344 e. The van der Waals surface area contributed by atoms with Gasteiger partial charge in [-0.15, -0.1) is 0 Å². The van der Waals surface area contributed by atoms with Gasteiger partial charge in [0.15, 0.2) is 0 Å². The number of hydrogen-bond acceptors (Lipinski definition) is 2. The van der Waals surface area contributed by atoms with Crippen molar-refractivity contribution in [2.75, 3.05) is 5.32 Å². The number of amides is 1. The molecule has 1 aromatic heterocycles. The number of hydrogen-bond donors (Lipinski definition) is 2. The molecule has 5 heteroatoms. The highest BCUT2D eigenvalue weighted by Gasteiger charge is 2.19. The number of anilines is 1. The first-order valence-corrected chi connectivity index (χ1v) is 7.49. The average molecular weight is 304 g/mol. The Balaban J connectivity index is 1.68. The molecule has 1 aliphatic rings. The fraction of sp³-hybridized carbons (Fsp3) is 0.312. The maximum absolute atomic E-state index is 12.1. The number of aryl methyl sites for hydroxylation is 1. The van der Waals surface area contributed by atoms with Crippen LogP contribution in [0.25, 0.3) is 0 Å². The molecule has 0 bridgehead atoms. The van der Waals surface area contributed by atoms with Crippen molar-refractivity contribution in [2.24, 2.45) is 5.73 Å². The molecule has 0 fully saturated rings. The summed E-state index contributed by atoms with van der Waals surface area (Å²) < 4.78 is 1.91. The molecule has 0 saturated heterocycles. The lowest BCUT2D eigenvalue weighted by Gasteiger charge is -2.17. The smallest absolute Gasteiger partial charge is 0.244 e. The molecule has 1 aromatic carbocycles. The third kappa shape index (κ3) is 3.28. The number of nitrogens with two attached hydrogens (primary N) is 1. The molecule has 3 rings (SSSR count). The van der Waals surface area contributed by atoms with Gasteiger partial charge in [-0.05, 0) is 48.6 Å². The number of rotatable bonds is 3. The van der Waals surface area contributed by atoms with Crippen LogP contribution in [-0.2, 0) is 17.8 Å². The maximum Gasteiger partial charge on any atom is 0.244 e. The molecule has 1 amide bonds. The summed E-state index contributed by atoms with van der Waals surface area (Å²) in [6.45, 7) is 0.284. The predicted molar refractivity (Wildman–Crippen MR) is 84.4 cm³/mol. The third-order valence-electron chi connectivity index (χ3n) is 3.79. The number of benzene rings is 1. The minimum atomic E-state index is -0.0711. The molecule has 3 N–H and O–H groups in total. The Morgan fingerprint density at radius 1 is 1.43 bits per heavy atom. The van der Waals surface area contributed by atoms with E-state index in [1.807, 2.05) is 29.1 Å². The highest BCUT2D eigenvalue weighted by atomic mass is 35.5. The van der Waals surface area contributed by atoms with Crippen LogP contribution in [0.2, 0.25) is 5.02 Å². The van der Waals surface area contributed by atoms with Crippen molar-refractivity contribution >= 4 is 23.2 Å². The Kier molecular flexibility index (Phi) is 3.99. The molecular weight excluding hydrogens is 286 g/mol. The van der Waals surface area contributed by atoms with Gasteiger partial charge in [-0.3, -0.25) is 4.79 Å². The van der Waals surface area contributed by atoms with Gasteiger partial charge < -0.3 is 15.6 Å². The van der Waals surface area contributed by atoms with Crippen molar-refractivity contribution in [3.63, 3.8) is 0 Å². The normalized spacial score (nSPS) is 17.3. The number of carbonyl (C=O) groups is 1. The Bertz CT molecular complexity index is 665. The third-order valence-corrected chi connectivity index (χ3v) is 4.03. The zero-order valence-corrected chi connectivity index (χ0v) is 12.4. The SMILES string of the molecule is NC1CCCc2cn(CC(=O)Nc3cccc(Cl)c3)cc21. The molecule has 110 valence electrons. The summed E-state index contributed by atoms with van der Waals surface area (Å²) in [6.07, 6.45) is 7.22. The van der Waals surface area contributed by atoms with Crippen molar-refractivity contribution in [2.45, 2.75) is 31.8 Å². The number of halogens is 1. The van der Waals surface area contributed by atoms with E-state index >= 15 is 0 Å². The summed E-state index contributed by atoms with van der Waals surface area (Å²) in [4.78, 5) is 12.1. The van der Waals surface area contributed by atoms with Crippen LogP contribution in [-0.4, -0.2) is 10.5 Å². The van der Waals surface area contributed by atoms with Crippen LogP contribution >= 0.6 is 11.6 Å². The van der Waals surface area contributed by atoms with Crippen LogP contribution in [0, 0.1) is 0 Å². The van der Waals surface area contributed by atoms with Crippen LogP contribution < -0.4 is 11.1 Å². The van der Waals surface area contributed by atoms with Crippen molar-refractivity contribution < 1.29 is 4.79 Å². The summed E-state index contributed by atoms with van der Waals surface area (Å²) in [5, 5.41) is 3.45. The van der Waals surface area contributed by atoms with E-state index < -0.39 is 0 Å². The second-order valence-electron chi connectivity index (χ2n) is 5.47. The summed E-state index contributed by atoms with van der Waals surface area (Å²) >= 11 is 5.90. The number of fused-ring (bicyclic) bond motifs is 1. The van der Waals surface area contributed by atoms with Gasteiger partial charge in [-0.1, -0.05) is 17.7 Å². The van der Waals surface area contributed by atoms with Gasteiger partial charge in [-0.2, -0.15) is 0 Å². The van der Waals surface area contributed by atoms with E-state index in [-0.39, 0.29) is 18.5 Å². The molecule has 0 radical (unpaired) electrons. The fourth-order valence-corrected chi connectivity index (χ4v) is 3.00. The van der Waals surface area contributed by atoms with E-state index in [1.54, 1.807) is 12.1 Å². The standard InChI is InChI=1S/C16H18ClN3O/c17-12-4-2-5-13(7-12)19-16(21)10-20-8-11-3-1-6-15(18)14(11)9-20/h2,4-5,7-9,15H,1,3,6,10,18H2,(H,19,21). The highest BCUT2D eigenvalue weighted by molar-refractivity contribution is 6.30. The van der Waals surface area contributed by atoms with E-state index in [9.17, 15) is 4.79 Å².